The molecule has 20 heavy (non-hydrogen) atoms. The normalized spacial score (nSPS) is 14.3. The van der Waals surface area contributed by atoms with E-state index in [2.05, 4.69) is 43.4 Å². The minimum absolute atomic E-state index is 0.441. The van der Waals surface area contributed by atoms with Gasteiger partial charge >= 0.3 is 0 Å². The number of unbranched alkanes of at least 4 members (excludes halogenated alkanes) is 1. The summed E-state index contributed by atoms with van der Waals surface area (Å²) < 4.78 is 0. The average Bonchev–Trinajstić information content (AvgIpc) is 2.50. The summed E-state index contributed by atoms with van der Waals surface area (Å²) in [7, 11) is 0. The van der Waals surface area contributed by atoms with Crippen molar-refractivity contribution in [3.63, 3.8) is 0 Å². The summed E-state index contributed by atoms with van der Waals surface area (Å²) in [6.45, 7) is 5.00. The fraction of sp³-hybridized carbons (Fsp3) is 0.444. The average molecular weight is 271 g/mol. The molecule has 2 aromatic carbocycles. The number of fused-ring (bicyclic) bond motifs is 1. The zero-order chi connectivity index (χ0) is 14.4. The van der Waals surface area contributed by atoms with Crippen molar-refractivity contribution in [1.82, 2.24) is 5.32 Å². The molecule has 0 aliphatic rings. The first-order valence-corrected chi connectivity index (χ1v) is 7.61. The van der Waals surface area contributed by atoms with Gasteiger partial charge in [-0.1, -0.05) is 56.2 Å². The molecule has 0 saturated carbocycles. The molecule has 0 radical (unpaired) electrons. The number of aliphatic hydroxyl groups is 1. The fourth-order valence-electron chi connectivity index (χ4n) is 2.46. The van der Waals surface area contributed by atoms with Gasteiger partial charge in [0.25, 0.3) is 0 Å². The van der Waals surface area contributed by atoms with Gasteiger partial charge in [-0.25, -0.2) is 0 Å². The molecule has 2 atom stereocenters. The molecule has 0 heterocycles. The summed E-state index contributed by atoms with van der Waals surface area (Å²) in [5.41, 5.74) is 0.985. The van der Waals surface area contributed by atoms with Crippen LogP contribution in [0.5, 0.6) is 0 Å². The van der Waals surface area contributed by atoms with Crippen LogP contribution in [0.2, 0.25) is 0 Å². The lowest BCUT2D eigenvalue weighted by molar-refractivity contribution is 0.170. The topological polar surface area (TPSA) is 32.3 Å². The van der Waals surface area contributed by atoms with E-state index >= 15 is 0 Å². The van der Waals surface area contributed by atoms with Crippen LogP contribution in [0.25, 0.3) is 10.8 Å². The van der Waals surface area contributed by atoms with E-state index in [1.807, 2.05) is 18.2 Å². The molecule has 2 nitrogen and oxygen atoms in total. The van der Waals surface area contributed by atoms with Crippen LogP contribution in [-0.2, 0) is 0 Å². The van der Waals surface area contributed by atoms with Gasteiger partial charge in [-0.15, -0.1) is 0 Å². The molecule has 0 spiro atoms. The van der Waals surface area contributed by atoms with Crippen molar-refractivity contribution in [2.24, 2.45) is 0 Å². The Bertz CT molecular complexity index is 538. The van der Waals surface area contributed by atoms with Gasteiger partial charge in [0.15, 0.2) is 0 Å². The third-order valence-corrected chi connectivity index (χ3v) is 3.81. The van der Waals surface area contributed by atoms with E-state index in [1.165, 1.54) is 30.0 Å². The van der Waals surface area contributed by atoms with Gasteiger partial charge in [0.2, 0.25) is 0 Å². The lowest BCUT2D eigenvalue weighted by Crippen LogP contribution is -2.30. The Morgan fingerprint density at radius 3 is 2.60 bits per heavy atom. The van der Waals surface area contributed by atoms with Gasteiger partial charge in [-0.2, -0.15) is 0 Å². The maximum Gasteiger partial charge on any atom is 0.0914 e. The van der Waals surface area contributed by atoms with Gasteiger partial charge < -0.3 is 10.4 Å². The Hall–Kier alpha value is -1.38. The lowest BCUT2D eigenvalue weighted by Gasteiger charge is -2.17. The first-order chi connectivity index (χ1) is 9.70. The predicted molar refractivity (Wildman–Crippen MR) is 85.9 cm³/mol. The van der Waals surface area contributed by atoms with Crippen LogP contribution in [0.15, 0.2) is 42.5 Å². The number of benzene rings is 2. The van der Waals surface area contributed by atoms with Gasteiger partial charge in [-0.05, 0) is 35.7 Å². The van der Waals surface area contributed by atoms with Gasteiger partial charge in [0.1, 0.15) is 0 Å². The molecule has 2 aromatic rings. The molecule has 2 N–H and O–H groups in total. The van der Waals surface area contributed by atoms with Gasteiger partial charge in [0, 0.05) is 12.6 Å². The highest BCUT2D eigenvalue weighted by atomic mass is 16.3. The van der Waals surface area contributed by atoms with Gasteiger partial charge in [0.05, 0.1) is 6.10 Å². The number of rotatable bonds is 7. The van der Waals surface area contributed by atoms with Crippen LogP contribution in [0.1, 0.15) is 44.8 Å². The summed E-state index contributed by atoms with van der Waals surface area (Å²) in [5, 5.41) is 16.1. The molecule has 0 bridgehead atoms. The maximum atomic E-state index is 10.3. The largest absolute Gasteiger partial charge is 0.387 e. The second kappa shape index (κ2) is 7.41. The Labute approximate surface area is 121 Å². The van der Waals surface area contributed by atoms with Crippen molar-refractivity contribution in [2.45, 2.75) is 45.3 Å². The zero-order valence-corrected chi connectivity index (χ0v) is 12.5. The molecule has 2 rings (SSSR count). The Balaban J connectivity index is 1.95. The van der Waals surface area contributed by atoms with Crippen molar-refractivity contribution < 1.29 is 5.11 Å². The molecule has 0 amide bonds. The highest BCUT2D eigenvalue weighted by Gasteiger charge is 2.09. The third-order valence-electron chi connectivity index (χ3n) is 3.81. The van der Waals surface area contributed by atoms with Crippen molar-refractivity contribution in [3.8, 4) is 0 Å². The summed E-state index contributed by atoms with van der Waals surface area (Å²) >= 11 is 0. The second-order valence-corrected chi connectivity index (χ2v) is 5.57. The zero-order valence-electron chi connectivity index (χ0n) is 12.5. The van der Waals surface area contributed by atoms with Crippen molar-refractivity contribution in [3.05, 3.63) is 48.0 Å². The van der Waals surface area contributed by atoms with Crippen LogP contribution in [-0.4, -0.2) is 17.7 Å². The molecule has 0 fully saturated rings. The van der Waals surface area contributed by atoms with Crippen LogP contribution in [0.3, 0.4) is 0 Å². The van der Waals surface area contributed by atoms with E-state index in [1.54, 1.807) is 0 Å². The van der Waals surface area contributed by atoms with Crippen LogP contribution >= 0.6 is 0 Å². The molecular weight excluding hydrogens is 246 g/mol. The summed E-state index contributed by atoms with van der Waals surface area (Å²) in [6, 6.07) is 14.9. The highest BCUT2D eigenvalue weighted by molar-refractivity contribution is 5.83. The molecule has 108 valence electrons. The van der Waals surface area contributed by atoms with Crippen molar-refractivity contribution in [1.29, 1.82) is 0 Å². The minimum atomic E-state index is -0.441. The molecule has 0 aliphatic heterocycles. The van der Waals surface area contributed by atoms with E-state index < -0.39 is 6.10 Å². The molecular formula is C18H25NO. The maximum absolute atomic E-state index is 10.3. The number of nitrogens with one attached hydrogen (secondary N) is 1. The predicted octanol–water partition coefficient (Wildman–Crippen LogP) is 4.04. The van der Waals surface area contributed by atoms with Crippen molar-refractivity contribution >= 4 is 10.8 Å². The first kappa shape index (κ1) is 15.0. The monoisotopic (exact) mass is 271 g/mol. The number of aliphatic hydroxyl groups excluding tert-OH is 1. The molecule has 2 unspecified atom stereocenters. The fourth-order valence-corrected chi connectivity index (χ4v) is 2.46. The second-order valence-electron chi connectivity index (χ2n) is 5.57. The highest BCUT2D eigenvalue weighted by Crippen LogP contribution is 2.20. The number of hydrogen-bond donors (Lipinski definition) is 2. The summed E-state index contributed by atoms with van der Waals surface area (Å²) in [5.74, 6) is 0. The van der Waals surface area contributed by atoms with E-state index in [4.69, 9.17) is 0 Å². The van der Waals surface area contributed by atoms with E-state index in [-0.39, 0.29) is 0 Å². The standard InChI is InChI=1S/C18H25NO/c1-3-4-7-14(2)19-13-18(20)17-11-10-15-8-5-6-9-16(15)12-17/h5-6,8-12,14,18-20H,3-4,7,13H2,1-2H3. The lowest BCUT2D eigenvalue weighted by atomic mass is 10.0. The van der Waals surface area contributed by atoms with Crippen LogP contribution < -0.4 is 5.32 Å². The van der Waals surface area contributed by atoms with Gasteiger partial charge in [-0.3, -0.25) is 0 Å². The summed E-state index contributed by atoms with van der Waals surface area (Å²) in [6.07, 6.45) is 3.18. The molecule has 0 aliphatic carbocycles. The Morgan fingerprint density at radius 1 is 1.10 bits per heavy atom. The first-order valence-electron chi connectivity index (χ1n) is 7.61. The van der Waals surface area contributed by atoms with Crippen molar-refractivity contribution in [2.75, 3.05) is 6.54 Å². The number of hydrogen-bond acceptors (Lipinski definition) is 2. The quantitative estimate of drug-likeness (QED) is 0.796. The summed E-state index contributed by atoms with van der Waals surface area (Å²) in [4.78, 5) is 0. The Morgan fingerprint density at radius 2 is 1.85 bits per heavy atom. The SMILES string of the molecule is CCCCC(C)NCC(O)c1ccc2ccccc2c1. The van der Waals surface area contributed by atoms with E-state index in [0.29, 0.717) is 12.6 Å². The molecule has 0 aromatic heterocycles. The smallest absolute Gasteiger partial charge is 0.0914 e. The van der Waals surface area contributed by atoms with E-state index in [0.717, 1.165) is 5.56 Å². The molecule has 2 heteroatoms. The van der Waals surface area contributed by atoms with E-state index in [9.17, 15) is 5.11 Å². The Kier molecular flexibility index (Phi) is 5.57. The van der Waals surface area contributed by atoms with Crippen LogP contribution in [0, 0.1) is 0 Å². The molecule has 0 saturated heterocycles. The third kappa shape index (κ3) is 4.06. The minimum Gasteiger partial charge on any atom is -0.387 e. The van der Waals surface area contributed by atoms with Crippen LogP contribution in [0.4, 0.5) is 0 Å².